The maximum Gasteiger partial charge on any atom is 0.338 e. The first-order valence-electron chi connectivity index (χ1n) is 16.6. The van der Waals surface area contributed by atoms with Gasteiger partial charge in [-0.25, -0.2) is 23.9 Å². The number of urea groups is 1. The molecule has 2 aromatic carbocycles. The number of hydrogen-bond acceptors (Lipinski definition) is 11. The van der Waals surface area contributed by atoms with E-state index in [9.17, 15) is 23.9 Å². The number of piperazine rings is 1. The third kappa shape index (κ3) is 6.87. The first-order valence-corrected chi connectivity index (χ1v) is 19.2. The lowest BCUT2D eigenvalue weighted by Crippen LogP contribution is -2.53. The smallest absolute Gasteiger partial charge is 0.338 e. The van der Waals surface area contributed by atoms with Gasteiger partial charge < -0.3 is 20.1 Å². The molecule has 2 atom stereocenters. The summed E-state index contributed by atoms with van der Waals surface area (Å²) in [4.78, 5) is 59.1. The molecule has 2 amide bonds. The largest absolute Gasteiger partial charge is 0.481 e. The number of aromatic nitrogens is 2. The van der Waals surface area contributed by atoms with Crippen LogP contribution in [0.3, 0.4) is 0 Å². The number of carbonyl (C=O) groups is 3. The van der Waals surface area contributed by atoms with Crippen LogP contribution in [0, 0.1) is 5.82 Å². The molecule has 7 rings (SSSR count). The molecule has 16 heteroatoms. The van der Waals surface area contributed by atoms with Gasteiger partial charge in [0.25, 0.3) is 0 Å². The second-order valence-electron chi connectivity index (χ2n) is 13.1. The standard InChI is InChI=1S/C36H35BrFN7O5S2/c1-4-50-32(46)28-26(40-30(31-39-10-13-51-31)42-29(28)24-9-8-22(38)15-25(24)37)18-43-11-12-44-23(16-43)17-45(35(44)49)34-41-27(19-52-34)20-6-5-7-21(14-20)36(2,3)33(47)48/h5-10,13-15,19,23,29H,4,11-12,16-18H2,1-3H3,(H,40,42)(H,47,48)/t23-,29-/m0/s1. The van der Waals surface area contributed by atoms with E-state index in [1.54, 1.807) is 44.0 Å². The maximum absolute atomic E-state index is 14.2. The number of rotatable bonds is 10. The van der Waals surface area contributed by atoms with Gasteiger partial charge in [-0.2, -0.15) is 0 Å². The second-order valence-corrected chi connectivity index (χ2v) is 15.7. The van der Waals surface area contributed by atoms with Gasteiger partial charge in [0.1, 0.15) is 11.9 Å². The van der Waals surface area contributed by atoms with Gasteiger partial charge in [0, 0.05) is 58.9 Å². The minimum Gasteiger partial charge on any atom is -0.481 e. The molecule has 0 unspecified atom stereocenters. The molecule has 0 spiro atoms. The van der Waals surface area contributed by atoms with Crippen molar-refractivity contribution in [2.45, 2.75) is 38.3 Å². The average Bonchev–Trinajstić information content (AvgIpc) is 3.89. The minimum atomic E-state index is -1.07. The van der Waals surface area contributed by atoms with Crippen molar-refractivity contribution in [1.29, 1.82) is 0 Å². The highest BCUT2D eigenvalue weighted by molar-refractivity contribution is 9.10. The zero-order chi connectivity index (χ0) is 36.7. The van der Waals surface area contributed by atoms with Crippen molar-refractivity contribution in [3.63, 3.8) is 0 Å². The molecular weight excluding hydrogens is 773 g/mol. The number of anilines is 1. The monoisotopic (exact) mass is 807 g/mol. The van der Waals surface area contributed by atoms with Gasteiger partial charge in [0.05, 0.1) is 35.9 Å². The summed E-state index contributed by atoms with van der Waals surface area (Å²) in [5, 5.41) is 18.0. The van der Waals surface area contributed by atoms with Gasteiger partial charge in [-0.15, -0.1) is 22.7 Å². The number of fused-ring (bicyclic) bond motifs is 1. The number of carboxylic acids is 1. The summed E-state index contributed by atoms with van der Waals surface area (Å²) in [6.45, 7) is 7.60. The SMILES string of the molecule is CCOC(=O)C1=C(CN2CCN3C(=O)N(c4nc(-c5cccc(C(C)(C)C(=O)O)c5)cs4)C[C@@H]3C2)NC(c2nccs2)=N[C@H]1c1ccc(F)cc1Br. The Bertz CT molecular complexity index is 2100. The van der Waals surface area contributed by atoms with Gasteiger partial charge in [-0.1, -0.05) is 40.2 Å². The number of halogens is 2. The first-order chi connectivity index (χ1) is 24.9. The number of thiazole rings is 2. The molecule has 5 heterocycles. The third-order valence-corrected chi connectivity index (χ3v) is 11.8. The number of aliphatic imine (C=N–C) groups is 1. The summed E-state index contributed by atoms with van der Waals surface area (Å²) in [6, 6.07) is 10.6. The van der Waals surface area contributed by atoms with Crippen molar-refractivity contribution in [2.75, 3.05) is 44.2 Å². The molecule has 52 heavy (non-hydrogen) atoms. The molecule has 0 bridgehead atoms. The molecule has 3 aliphatic rings. The Kier molecular flexibility index (Phi) is 9.99. The highest BCUT2D eigenvalue weighted by Crippen LogP contribution is 2.38. The van der Waals surface area contributed by atoms with E-state index in [1.807, 2.05) is 33.9 Å². The highest BCUT2D eigenvalue weighted by atomic mass is 79.9. The predicted molar refractivity (Wildman–Crippen MR) is 200 cm³/mol. The van der Waals surface area contributed by atoms with Crippen molar-refractivity contribution in [3.05, 3.63) is 97.1 Å². The molecule has 0 aliphatic carbocycles. The third-order valence-electron chi connectivity index (χ3n) is 9.47. The van der Waals surface area contributed by atoms with Gasteiger partial charge in [0.15, 0.2) is 16.0 Å². The van der Waals surface area contributed by atoms with E-state index in [2.05, 4.69) is 31.1 Å². The molecule has 12 nitrogen and oxygen atoms in total. The Balaban J connectivity index is 1.13. The molecular formula is C36H35BrFN7O5S2. The molecule has 2 aromatic heterocycles. The number of amidine groups is 1. The Morgan fingerprint density at radius 3 is 2.71 bits per heavy atom. The lowest BCUT2D eigenvalue weighted by atomic mass is 9.84. The summed E-state index contributed by atoms with van der Waals surface area (Å²) in [7, 11) is 0. The quantitative estimate of drug-likeness (QED) is 0.183. The van der Waals surface area contributed by atoms with Crippen LogP contribution in [0.25, 0.3) is 11.3 Å². The molecule has 0 radical (unpaired) electrons. The van der Waals surface area contributed by atoms with Crippen LogP contribution in [0.2, 0.25) is 0 Å². The van der Waals surface area contributed by atoms with Crippen LogP contribution in [-0.2, 0) is 19.7 Å². The Labute approximate surface area is 315 Å². The topological polar surface area (TPSA) is 141 Å². The fraction of sp³-hybridized carbons (Fsp3) is 0.333. The van der Waals surface area contributed by atoms with Crippen LogP contribution in [0.1, 0.15) is 42.9 Å². The van der Waals surface area contributed by atoms with Crippen LogP contribution in [0.15, 0.2) is 80.2 Å². The maximum atomic E-state index is 14.2. The summed E-state index contributed by atoms with van der Waals surface area (Å²) >= 11 is 6.26. The van der Waals surface area contributed by atoms with Crippen LogP contribution >= 0.6 is 38.6 Å². The minimum absolute atomic E-state index is 0.118. The van der Waals surface area contributed by atoms with E-state index in [0.717, 1.165) is 5.56 Å². The molecule has 2 saturated heterocycles. The van der Waals surface area contributed by atoms with E-state index < -0.39 is 29.2 Å². The summed E-state index contributed by atoms with van der Waals surface area (Å²) in [5.74, 6) is -1.36. The molecule has 2 N–H and O–H groups in total. The van der Waals surface area contributed by atoms with Gasteiger partial charge in [-0.05, 0) is 50.1 Å². The summed E-state index contributed by atoms with van der Waals surface area (Å²) < 4.78 is 20.2. The van der Waals surface area contributed by atoms with Crippen LogP contribution in [-0.4, -0.2) is 94.1 Å². The van der Waals surface area contributed by atoms with Crippen LogP contribution in [0.4, 0.5) is 14.3 Å². The number of esters is 1. The summed E-state index contributed by atoms with van der Waals surface area (Å²) in [5.41, 5.74) is 2.59. The number of hydrogen-bond donors (Lipinski definition) is 2. The number of amides is 2. The van der Waals surface area contributed by atoms with E-state index in [1.165, 1.54) is 34.8 Å². The number of nitrogens with one attached hydrogen (secondary N) is 1. The van der Waals surface area contributed by atoms with Crippen LogP contribution < -0.4 is 10.2 Å². The van der Waals surface area contributed by atoms with Gasteiger partial charge >= 0.3 is 18.0 Å². The van der Waals surface area contributed by atoms with E-state index in [4.69, 9.17) is 14.7 Å². The summed E-state index contributed by atoms with van der Waals surface area (Å²) in [6.07, 6.45) is 1.68. The second kappa shape index (κ2) is 14.5. The number of nitrogens with zero attached hydrogens (tertiary/aromatic N) is 6. The lowest BCUT2D eigenvalue weighted by molar-refractivity contribution is -0.142. The Morgan fingerprint density at radius 1 is 1.15 bits per heavy atom. The van der Waals surface area contributed by atoms with Crippen LogP contribution in [0.5, 0.6) is 0 Å². The zero-order valence-electron chi connectivity index (χ0n) is 28.5. The Hall–Kier alpha value is -4.51. The number of carbonyl (C=O) groups excluding carboxylic acids is 2. The van der Waals surface area contributed by atoms with Crippen molar-refractivity contribution in [2.24, 2.45) is 4.99 Å². The van der Waals surface area contributed by atoms with E-state index >= 15 is 0 Å². The van der Waals surface area contributed by atoms with E-state index in [0.29, 0.717) is 81.3 Å². The van der Waals surface area contributed by atoms with E-state index in [-0.39, 0.29) is 18.7 Å². The van der Waals surface area contributed by atoms with Gasteiger partial charge in [-0.3, -0.25) is 19.6 Å². The number of ether oxygens (including phenoxy) is 1. The number of carboxylic acid groups (broad SMARTS) is 1. The normalized spacial score (nSPS) is 19.4. The molecule has 4 aromatic rings. The van der Waals surface area contributed by atoms with Crippen molar-refractivity contribution in [3.8, 4) is 11.3 Å². The number of benzene rings is 2. The highest BCUT2D eigenvalue weighted by Gasteiger charge is 2.43. The van der Waals surface area contributed by atoms with Crippen molar-refractivity contribution in [1.82, 2.24) is 25.1 Å². The molecule has 0 saturated carbocycles. The zero-order valence-corrected chi connectivity index (χ0v) is 31.7. The van der Waals surface area contributed by atoms with Crippen molar-refractivity contribution < 1.29 is 28.6 Å². The average molecular weight is 809 g/mol. The Morgan fingerprint density at radius 2 is 1.98 bits per heavy atom. The molecule has 3 aliphatic heterocycles. The lowest BCUT2D eigenvalue weighted by Gasteiger charge is -2.38. The van der Waals surface area contributed by atoms with Gasteiger partial charge in [0.2, 0.25) is 0 Å². The molecule has 2 fully saturated rings. The number of aliphatic carboxylic acids is 1. The predicted octanol–water partition coefficient (Wildman–Crippen LogP) is 6.07. The first kappa shape index (κ1) is 35.9. The fourth-order valence-electron chi connectivity index (χ4n) is 6.58. The molecule has 270 valence electrons. The fourth-order valence-corrected chi connectivity index (χ4v) is 8.57. The van der Waals surface area contributed by atoms with Crippen molar-refractivity contribution >= 4 is 67.5 Å².